The van der Waals surface area contributed by atoms with Gasteiger partial charge in [-0.1, -0.05) is 13.8 Å². The molecule has 0 saturated carbocycles. The standard InChI is InChI=1S/C15H21FN4O/c1-11(2)9-20(7-3-6-17)10-15(21)19-12-4-5-13(16)14(18)8-12/h4-5,8,11H,3,7,9-10,18H2,1-2H3,(H,19,21). The molecule has 0 saturated heterocycles. The number of carbonyl (C=O) groups is 1. The molecule has 0 heterocycles. The molecule has 21 heavy (non-hydrogen) atoms. The Hall–Kier alpha value is -2.13. The maximum Gasteiger partial charge on any atom is 0.238 e. The highest BCUT2D eigenvalue weighted by Gasteiger charge is 2.12. The van der Waals surface area contributed by atoms with E-state index in [9.17, 15) is 9.18 Å². The Morgan fingerprint density at radius 3 is 2.81 bits per heavy atom. The van der Waals surface area contributed by atoms with Crippen molar-refractivity contribution in [2.75, 3.05) is 30.7 Å². The minimum atomic E-state index is -0.511. The quantitative estimate of drug-likeness (QED) is 0.755. The SMILES string of the molecule is CC(C)CN(CCC#N)CC(=O)Nc1ccc(F)c(N)c1. The summed E-state index contributed by atoms with van der Waals surface area (Å²) < 4.78 is 13.1. The van der Waals surface area contributed by atoms with Crippen LogP contribution in [0, 0.1) is 23.1 Å². The fourth-order valence-corrected chi connectivity index (χ4v) is 1.98. The minimum Gasteiger partial charge on any atom is -0.396 e. The zero-order chi connectivity index (χ0) is 15.8. The number of rotatable bonds is 7. The first-order valence-corrected chi connectivity index (χ1v) is 6.86. The number of carbonyl (C=O) groups excluding carboxylic acids is 1. The molecule has 114 valence electrons. The highest BCUT2D eigenvalue weighted by molar-refractivity contribution is 5.92. The monoisotopic (exact) mass is 292 g/mol. The van der Waals surface area contributed by atoms with Crippen LogP contribution in [0.5, 0.6) is 0 Å². The number of hydrogen-bond acceptors (Lipinski definition) is 4. The average Bonchev–Trinajstić information content (AvgIpc) is 2.39. The largest absolute Gasteiger partial charge is 0.396 e. The zero-order valence-corrected chi connectivity index (χ0v) is 12.4. The van der Waals surface area contributed by atoms with Crippen molar-refractivity contribution in [3.05, 3.63) is 24.0 Å². The number of anilines is 2. The van der Waals surface area contributed by atoms with Crippen molar-refractivity contribution < 1.29 is 9.18 Å². The van der Waals surface area contributed by atoms with E-state index in [2.05, 4.69) is 25.2 Å². The predicted octanol–water partition coefficient (Wildman–Crippen LogP) is 2.22. The van der Waals surface area contributed by atoms with Gasteiger partial charge in [0, 0.05) is 25.2 Å². The van der Waals surface area contributed by atoms with Crippen molar-refractivity contribution in [3.63, 3.8) is 0 Å². The highest BCUT2D eigenvalue weighted by atomic mass is 19.1. The van der Waals surface area contributed by atoms with Crippen molar-refractivity contribution in [3.8, 4) is 6.07 Å². The van der Waals surface area contributed by atoms with Crippen molar-refractivity contribution in [2.24, 2.45) is 5.92 Å². The number of nitrogens with two attached hydrogens (primary N) is 1. The van der Waals surface area contributed by atoms with Crippen molar-refractivity contribution >= 4 is 17.3 Å². The Bertz CT molecular complexity index is 525. The Kier molecular flexibility index (Phi) is 6.63. The van der Waals surface area contributed by atoms with Gasteiger partial charge in [-0.3, -0.25) is 9.69 Å². The molecule has 6 heteroatoms. The first-order valence-electron chi connectivity index (χ1n) is 6.86. The number of nitriles is 1. The van der Waals surface area contributed by atoms with Crippen molar-refractivity contribution in [1.82, 2.24) is 4.90 Å². The molecule has 0 aromatic heterocycles. The van der Waals surface area contributed by atoms with E-state index in [4.69, 9.17) is 11.0 Å². The van der Waals surface area contributed by atoms with Gasteiger partial charge >= 0.3 is 0 Å². The summed E-state index contributed by atoms with van der Waals surface area (Å²) in [6.07, 6.45) is 0.378. The van der Waals surface area contributed by atoms with E-state index in [-0.39, 0.29) is 18.1 Å². The second-order valence-corrected chi connectivity index (χ2v) is 5.32. The molecule has 0 aliphatic heterocycles. The number of nitrogens with zero attached hydrogens (tertiary/aromatic N) is 2. The van der Waals surface area contributed by atoms with Crippen LogP contribution in [-0.2, 0) is 4.79 Å². The fourth-order valence-electron chi connectivity index (χ4n) is 1.98. The smallest absolute Gasteiger partial charge is 0.238 e. The Labute approximate surface area is 124 Å². The number of nitrogen functional groups attached to an aromatic ring is 1. The van der Waals surface area contributed by atoms with Gasteiger partial charge < -0.3 is 11.1 Å². The molecule has 0 aliphatic rings. The summed E-state index contributed by atoms with van der Waals surface area (Å²) in [4.78, 5) is 13.9. The highest BCUT2D eigenvalue weighted by Crippen LogP contribution is 2.16. The van der Waals surface area contributed by atoms with Gasteiger partial charge in [0.25, 0.3) is 0 Å². The van der Waals surface area contributed by atoms with Gasteiger partial charge in [-0.05, 0) is 24.1 Å². The third-order valence-corrected chi connectivity index (χ3v) is 2.81. The van der Waals surface area contributed by atoms with Gasteiger partial charge in [-0.15, -0.1) is 0 Å². The molecule has 3 N–H and O–H groups in total. The summed E-state index contributed by atoms with van der Waals surface area (Å²) in [5.74, 6) is -0.319. The van der Waals surface area contributed by atoms with Crippen LogP contribution in [0.2, 0.25) is 0 Å². The first kappa shape index (κ1) is 16.9. The third kappa shape index (κ3) is 6.23. The lowest BCUT2D eigenvalue weighted by atomic mass is 10.2. The summed E-state index contributed by atoms with van der Waals surface area (Å²) in [6.45, 7) is 5.58. The van der Waals surface area contributed by atoms with E-state index >= 15 is 0 Å². The van der Waals surface area contributed by atoms with Gasteiger partial charge in [-0.2, -0.15) is 5.26 Å². The molecule has 0 atom stereocenters. The Balaban J connectivity index is 2.60. The summed E-state index contributed by atoms with van der Waals surface area (Å²) >= 11 is 0. The van der Waals surface area contributed by atoms with E-state index in [0.717, 1.165) is 6.54 Å². The second-order valence-electron chi connectivity index (χ2n) is 5.32. The second kappa shape index (κ2) is 8.22. The maximum atomic E-state index is 13.1. The van der Waals surface area contributed by atoms with E-state index < -0.39 is 5.82 Å². The summed E-state index contributed by atoms with van der Waals surface area (Å²) in [7, 11) is 0. The van der Waals surface area contributed by atoms with Crippen LogP contribution < -0.4 is 11.1 Å². The lowest BCUT2D eigenvalue weighted by Gasteiger charge is -2.22. The summed E-state index contributed by atoms with van der Waals surface area (Å²) in [5.41, 5.74) is 5.91. The molecule has 0 aliphatic carbocycles. The van der Waals surface area contributed by atoms with E-state index in [1.54, 1.807) is 0 Å². The molecule has 0 spiro atoms. The van der Waals surface area contributed by atoms with Gasteiger partial charge in [0.1, 0.15) is 5.82 Å². The number of nitrogens with one attached hydrogen (secondary N) is 1. The number of amides is 1. The molecule has 1 rings (SSSR count). The normalized spacial score (nSPS) is 10.7. The molecular weight excluding hydrogens is 271 g/mol. The van der Waals surface area contributed by atoms with Crippen molar-refractivity contribution in [2.45, 2.75) is 20.3 Å². The third-order valence-electron chi connectivity index (χ3n) is 2.81. The van der Waals surface area contributed by atoms with Crippen molar-refractivity contribution in [1.29, 1.82) is 5.26 Å². The maximum absolute atomic E-state index is 13.1. The summed E-state index contributed by atoms with van der Waals surface area (Å²) in [5, 5.41) is 11.3. The Morgan fingerprint density at radius 1 is 1.52 bits per heavy atom. The van der Waals surface area contributed by atoms with Crippen LogP contribution in [-0.4, -0.2) is 30.4 Å². The lowest BCUT2D eigenvalue weighted by Crippen LogP contribution is -2.36. The van der Waals surface area contributed by atoms with Crippen LogP contribution in [0.1, 0.15) is 20.3 Å². The van der Waals surface area contributed by atoms with Gasteiger partial charge in [0.15, 0.2) is 0 Å². The van der Waals surface area contributed by atoms with Crippen LogP contribution in [0.15, 0.2) is 18.2 Å². The van der Waals surface area contributed by atoms with Crippen LogP contribution >= 0.6 is 0 Å². The molecule has 1 aromatic rings. The van der Waals surface area contributed by atoms with Gasteiger partial charge in [-0.25, -0.2) is 4.39 Å². The van der Waals surface area contributed by atoms with Gasteiger partial charge in [0.2, 0.25) is 5.91 Å². The molecule has 0 unspecified atom stereocenters. The molecule has 0 radical (unpaired) electrons. The topological polar surface area (TPSA) is 82.2 Å². The Morgan fingerprint density at radius 2 is 2.24 bits per heavy atom. The van der Waals surface area contributed by atoms with Crippen LogP contribution in [0.25, 0.3) is 0 Å². The zero-order valence-electron chi connectivity index (χ0n) is 12.4. The van der Waals surface area contributed by atoms with E-state index in [1.807, 2.05) is 4.90 Å². The van der Waals surface area contributed by atoms with Crippen LogP contribution in [0.4, 0.5) is 15.8 Å². The molecule has 1 aromatic carbocycles. The lowest BCUT2D eigenvalue weighted by molar-refractivity contribution is -0.117. The number of hydrogen-bond donors (Lipinski definition) is 2. The van der Waals surface area contributed by atoms with Gasteiger partial charge in [0.05, 0.1) is 18.3 Å². The molecule has 1 amide bonds. The molecular formula is C15H21FN4O. The fraction of sp³-hybridized carbons (Fsp3) is 0.467. The molecule has 0 fully saturated rings. The summed E-state index contributed by atoms with van der Waals surface area (Å²) in [6, 6.07) is 6.14. The predicted molar refractivity (Wildman–Crippen MR) is 81.0 cm³/mol. The minimum absolute atomic E-state index is 0.00341. The molecule has 0 bridgehead atoms. The number of halogens is 1. The average molecular weight is 292 g/mol. The number of benzene rings is 1. The van der Waals surface area contributed by atoms with E-state index in [1.165, 1.54) is 18.2 Å². The van der Waals surface area contributed by atoms with E-state index in [0.29, 0.717) is 24.6 Å². The van der Waals surface area contributed by atoms with Crippen LogP contribution in [0.3, 0.4) is 0 Å². The molecule has 5 nitrogen and oxygen atoms in total. The first-order chi connectivity index (χ1) is 9.92.